The van der Waals surface area contributed by atoms with E-state index >= 15 is 0 Å². The molecular formula is C18H23NS. The van der Waals surface area contributed by atoms with Crippen LogP contribution in [0.1, 0.15) is 44.1 Å². The molecule has 0 radical (unpaired) electrons. The molecule has 2 heteroatoms. The number of nitrogens with one attached hydrogen (secondary N) is 1. The molecule has 20 heavy (non-hydrogen) atoms. The van der Waals surface area contributed by atoms with E-state index in [1.54, 1.807) is 0 Å². The summed E-state index contributed by atoms with van der Waals surface area (Å²) in [5.41, 5.74) is 1.69. The summed E-state index contributed by atoms with van der Waals surface area (Å²) in [4.78, 5) is 1.17. The molecule has 4 aliphatic carbocycles. The third kappa shape index (κ3) is 2.18. The van der Waals surface area contributed by atoms with Gasteiger partial charge in [-0.05, 0) is 61.8 Å². The van der Waals surface area contributed by atoms with E-state index in [2.05, 4.69) is 35.6 Å². The van der Waals surface area contributed by atoms with Gasteiger partial charge in [0.15, 0.2) is 0 Å². The molecule has 4 fully saturated rings. The van der Waals surface area contributed by atoms with Crippen molar-refractivity contribution in [2.75, 3.05) is 0 Å². The maximum absolute atomic E-state index is 5.83. The van der Waals surface area contributed by atoms with E-state index in [4.69, 9.17) is 12.2 Å². The van der Waals surface area contributed by atoms with Gasteiger partial charge in [0.25, 0.3) is 0 Å². The van der Waals surface area contributed by atoms with Crippen molar-refractivity contribution >= 4 is 17.2 Å². The molecule has 1 aromatic carbocycles. The standard InChI is InChI=1S/C18H23NS/c20-17(19-12-13-4-2-1-3-5-13)18-9-14-6-15(10-18)8-16(7-14)11-18/h1-5,14-16H,6-12H2,(H,19,20). The number of hydrogen-bond donors (Lipinski definition) is 1. The topological polar surface area (TPSA) is 12.0 Å². The molecule has 5 rings (SSSR count). The molecule has 4 aliphatic rings. The predicted octanol–water partition coefficient (Wildman–Crippen LogP) is 4.32. The highest BCUT2D eigenvalue weighted by Gasteiger charge is 2.52. The van der Waals surface area contributed by atoms with Gasteiger partial charge in [-0.3, -0.25) is 0 Å². The van der Waals surface area contributed by atoms with Crippen molar-refractivity contribution in [2.45, 2.75) is 45.1 Å². The van der Waals surface area contributed by atoms with E-state index in [0.717, 1.165) is 24.3 Å². The quantitative estimate of drug-likeness (QED) is 0.830. The molecule has 0 saturated heterocycles. The zero-order valence-electron chi connectivity index (χ0n) is 12.0. The molecule has 0 atom stereocenters. The molecule has 4 saturated carbocycles. The molecular weight excluding hydrogens is 262 g/mol. The van der Waals surface area contributed by atoms with Gasteiger partial charge in [-0.2, -0.15) is 0 Å². The Morgan fingerprint density at radius 3 is 2.10 bits per heavy atom. The molecule has 0 aliphatic heterocycles. The lowest BCUT2D eigenvalue weighted by Crippen LogP contribution is -2.52. The smallest absolute Gasteiger partial charge is 0.0819 e. The highest BCUT2D eigenvalue weighted by Crippen LogP contribution is 2.60. The van der Waals surface area contributed by atoms with E-state index in [1.807, 2.05) is 0 Å². The van der Waals surface area contributed by atoms with Gasteiger partial charge in [-0.25, -0.2) is 0 Å². The summed E-state index contributed by atoms with van der Waals surface area (Å²) < 4.78 is 0. The van der Waals surface area contributed by atoms with Gasteiger partial charge in [-0.1, -0.05) is 42.5 Å². The van der Waals surface area contributed by atoms with Crippen LogP contribution in [0.2, 0.25) is 0 Å². The van der Waals surface area contributed by atoms with Crippen LogP contribution in [0.5, 0.6) is 0 Å². The molecule has 1 nitrogen and oxygen atoms in total. The minimum Gasteiger partial charge on any atom is -0.375 e. The average Bonchev–Trinajstić information content (AvgIpc) is 2.44. The van der Waals surface area contributed by atoms with E-state index in [-0.39, 0.29) is 0 Å². The van der Waals surface area contributed by atoms with Crippen molar-refractivity contribution in [1.29, 1.82) is 0 Å². The van der Waals surface area contributed by atoms with E-state index in [1.165, 1.54) is 49.1 Å². The highest BCUT2D eigenvalue weighted by molar-refractivity contribution is 7.80. The summed E-state index contributed by atoms with van der Waals surface area (Å²) in [7, 11) is 0. The first-order chi connectivity index (χ1) is 9.73. The molecule has 1 N–H and O–H groups in total. The fourth-order valence-electron chi connectivity index (χ4n) is 5.35. The second kappa shape index (κ2) is 4.84. The monoisotopic (exact) mass is 285 g/mol. The Morgan fingerprint density at radius 2 is 1.55 bits per heavy atom. The van der Waals surface area contributed by atoms with Crippen molar-refractivity contribution in [2.24, 2.45) is 23.2 Å². The first-order valence-electron chi connectivity index (χ1n) is 8.06. The average molecular weight is 285 g/mol. The Kier molecular flexibility index (Phi) is 3.10. The number of thiocarbonyl (C=S) groups is 1. The van der Waals surface area contributed by atoms with E-state index in [9.17, 15) is 0 Å². The minimum atomic E-state index is 0.360. The maximum Gasteiger partial charge on any atom is 0.0819 e. The van der Waals surface area contributed by atoms with Crippen LogP contribution in [0.3, 0.4) is 0 Å². The lowest BCUT2D eigenvalue weighted by Gasteiger charge is -2.56. The minimum absolute atomic E-state index is 0.360. The van der Waals surface area contributed by atoms with Crippen molar-refractivity contribution < 1.29 is 0 Å². The molecule has 1 aromatic rings. The first kappa shape index (κ1) is 12.8. The van der Waals surface area contributed by atoms with Crippen LogP contribution in [0.25, 0.3) is 0 Å². The SMILES string of the molecule is S=C(NCc1ccccc1)C12CC3CC(CC(C3)C1)C2. The second-order valence-corrected chi connectivity index (χ2v) is 7.77. The molecule has 0 aromatic heterocycles. The Labute approximate surface area is 127 Å². The van der Waals surface area contributed by atoms with Crippen LogP contribution in [0.15, 0.2) is 30.3 Å². The van der Waals surface area contributed by atoms with E-state index < -0.39 is 0 Å². The van der Waals surface area contributed by atoms with Crippen LogP contribution >= 0.6 is 12.2 Å². The third-order valence-electron chi connectivity index (χ3n) is 5.82. The van der Waals surface area contributed by atoms with Crippen LogP contribution < -0.4 is 5.32 Å². The van der Waals surface area contributed by atoms with E-state index in [0.29, 0.717) is 5.41 Å². The van der Waals surface area contributed by atoms with Gasteiger partial charge >= 0.3 is 0 Å². The number of hydrogen-bond acceptors (Lipinski definition) is 1. The maximum atomic E-state index is 5.83. The van der Waals surface area contributed by atoms with Gasteiger partial charge in [0.1, 0.15) is 0 Å². The molecule has 0 heterocycles. The summed E-state index contributed by atoms with van der Waals surface area (Å²) in [5, 5.41) is 3.59. The zero-order chi connectivity index (χ0) is 13.6. The Morgan fingerprint density at radius 1 is 1.00 bits per heavy atom. The summed E-state index contributed by atoms with van der Waals surface area (Å²) in [5.74, 6) is 2.91. The molecule has 106 valence electrons. The van der Waals surface area contributed by atoms with Crippen LogP contribution in [-0.2, 0) is 6.54 Å². The molecule has 0 unspecified atom stereocenters. The van der Waals surface area contributed by atoms with Crippen LogP contribution in [0.4, 0.5) is 0 Å². The van der Waals surface area contributed by atoms with Gasteiger partial charge in [0, 0.05) is 12.0 Å². The highest BCUT2D eigenvalue weighted by atomic mass is 32.1. The molecule has 0 spiro atoms. The lowest BCUT2D eigenvalue weighted by molar-refractivity contribution is -0.0127. The van der Waals surface area contributed by atoms with Crippen molar-refractivity contribution in [3.8, 4) is 0 Å². The zero-order valence-corrected chi connectivity index (χ0v) is 12.8. The van der Waals surface area contributed by atoms with Gasteiger partial charge in [0.05, 0.1) is 4.99 Å². The summed E-state index contributed by atoms with van der Waals surface area (Å²) in [6, 6.07) is 10.6. The van der Waals surface area contributed by atoms with Crippen molar-refractivity contribution in [3.63, 3.8) is 0 Å². The second-order valence-electron chi connectivity index (χ2n) is 7.37. The Hall–Kier alpha value is -0.890. The Balaban J connectivity index is 1.46. The van der Waals surface area contributed by atoms with Gasteiger partial charge in [0.2, 0.25) is 0 Å². The lowest BCUT2D eigenvalue weighted by atomic mass is 9.49. The van der Waals surface area contributed by atoms with Gasteiger partial charge < -0.3 is 5.32 Å². The summed E-state index contributed by atoms with van der Waals surface area (Å²) in [6.07, 6.45) is 8.54. The summed E-state index contributed by atoms with van der Waals surface area (Å²) in [6.45, 7) is 0.890. The fourth-order valence-corrected chi connectivity index (χ4v) is 5.68. The molecule has 0 amide bonds. The number of benzene rings is 1. The van der Waals surface area contributed by atoms with Crippen molar-refractivity contribution in [3.05, 3.63) is 35.9 Å². The predicted molar refractivity (Wildman–Crippen MR) is 86.5 cm³/mol. The Bertz CT molecular complexity index is 472. The largest absolute Gasteiger partial charge is 0.375 e. The number of rotatable bonds is 3. The molecule has 4 bridgehead atoms. The fraction of sp³-hybridized carbons (Fsp3) is 0.611. The van der Waals surface area contributed by atoms with Crippen LogP contribution in [-0.4, -0.2) is 4.99 Å². The normalized spacial score (nSPS) is 37.9. The first-order valence-corrected chi connectivity index (χ1v) is 8.47. The van der Waals surface area contributed by atoms with Crippen LogP contribution in [0, 0.1) is 23.2 Å². The third-order valence-corrected chi connectivity index (χ3v) is 6.39. The van der Waals surface area contributed by atoms with Gasteiger partial charge in [-0.15, -0.1) is 0 Å². The summed E-state index contributed by atoms with van der Waals surface area (Å²) >= 11 is 5.83. The van der Waals surface area contributed by atoms with Crippen molar-refractivity contribution in [1.82, 2.24) is 5.32 Å².